The predicted molar refractivity (Wildman–Crippen MR) is 87.7 cm³/mol. The van der Waals surface area contributed by atoms with Crippen molar-refractivity contribution < 1.29 is 23.8 Å². The molecule has 0 saturated carbocycles. The largest absolute Gasteiger partial charge is 0.493 e. The number of rotatable bonds is 6. The lowest BCUT2D eigenvalue weighted by atomic mass is 10.2. The number of amides is 1. The van der Waals surface area contributed by atoms with Crippen molar-refractivity contribution in [1.82, 2.24) is 4.98 Å². The summed E-state index contributed by atoms with van der Waals surface area (Å²) in [6.07, 6.45) is 1.40. The Bertz CT molecular complexity index is 734. The van der Waals surface area contributed by atoms with Gasteiger partial charge in [0, 0.05) is 6.20 Å². The maximum Gasteiger partial charge on any atom is 0.338 e. The van der Waals surface area contributed by atoms with Crippen LogP contribution in [0.2, 0.25) is 5.02 Å². The molecule has 8 heteroatoms. The molecule has 0 aliphatic heterocycles. The lowest BCUT2D eigenvalue weighted by molar-refractivity contribution is -0.119. The second-order valence-corrected chi connectivity index (χ2v) is 4.99. The second-order valence-electron chi connectivity index (χ2n) is 4.56. The van der Waals surface area contributed by atoms with E-state index in [0.29, 0.717) is 22.3 Å². The molecule has 126 valence electrons. The van der Waals surface area contributed by atoms with E-state index in [1.807, 2.05) is 0 Å². The number of pyridine rings is 1. The van der Waals surface area contributed by atoms with Crippen LogP contribution in [0.25, 0.3) is 0 Å². The molecule has 2 aromatic rings. The highest BCUT2D eigenvalue weighted by Gasteiger charge is 2.14. The molecule has 1 aromatic carbocycles. The van der Waals surface area contributed by atoms with Crippen LogP contribution in [0.5, 0.6) is 11.5 Å². The Balaban J connectivity index is 1.92. The van der Waals surface area contributed by atoms with E-state index in [2.05, 4.69) is 10.3 Å². The summed E-state index contributed by atoms with van der Waals surface area (Å²) in [6.45, 7) is -0.447. The van der Waals surface area contributed by atoms with E-state index >= 15 is 0 Å². The maximum absolute atomic E-state index is 12.0. The number of esters is 1. The van der Waals surface area contributed by atoms with Crippen LogP contribution in [0.1, 0.15) is 10.4 Å². The second kappa shape index (κ2) is 8.16. The number of aromatic nitrogens is 1. The van der Waals surface area contributed by atoms with Crippen LogP contribution >= 0.6 is 11.6 Å². The first kappa shape index (κ1) is 17.6. The molecule has 0 radical (unpaired) electrons. The maximum atomic E-state index is 12.0. The number of nitrogens with one attached hydrogen (secondary N) is 1. The molecule has 0 atom stereocenters. The van der Waals surface area contributed by atoms with Crippen molar-refractivity contribution >= 4 is 29.3 Å². The number of hydrogen-bond acceptors (Lipinski definition) is 6. The number of benzene rings is 1. The Labute approximate surface area is 143 Å². The number of nitrogens with zero attached hydrogens (tertiary/aromatic N) is 1. The van der Waals surface area contributed by atoms with Crippen molar-refractivity contribution in [3.05, 3.63) is 47.1 Å². The van der Waals surface area contributed by atoms with E-state index < -0.39 is 18.5 Å². The van der Waals surface area contributed by atoms with Crippen LogP contribution in [0.4, 0.5) is 5.82 Å². The van der Waals surface area contributed by atoms with Gasteiger partial charge in [0.15, 0.2) is 18.1 Å². The van der Waals surface area contributed by atoms with Crippen LogP contribution in [-0.4, -0.2) is 37.7 Å². The fourth-order valence-electron chi connectivity index (χ4n) is 1.81. The van der Waals surface area contributed by atoms with Gasteiger partial charge in [-0.25, -0.2) is 9.78 Å². The molecule has 24 heavy (non-hydrogen) atoms. The normalized spacial score (nSPS) is 9.96. The fourth-order valence-corrected chi connectivity index (χ4v) is 1.92. The number of methoxy groups -OCH3 is 2. The van der Waals surface area contributed by atoms with Gasteiger partial charge in [-0.2, -0.15) is 0 Å². The van der Waals surface area contributed by atoms with Crippen LogP contribution in [0.15, 0.2) is 36.5 Å². The Morgan fingerprint density at radius 2 is 1.88 bits per heavy atom. The van der Waals surface area contributed by atoms with Gasteiger partial charge in [0.25, 0.3) is 5.91 Å². The SMILES string of the molecule is COc1ccc(C(=O)OCC(=O)Nc2ccc(Cl)cn2)cc1OC. The summed E-state index contributed by atoms with van der Waals surface area (Å²) in [6, 6.07) is 7.69. The minimum Gasteiger partial charge on any atom is -0.493 e. The fraction of sp³-hybridized carbons (Fsp3) is 0.188. The number of carbonyl (C=O) groups is 2. The average Bonchev–Trinajstić information content (AvgIpc) is 2.61. The molecule has 1 heterocycles. The van der Waals surface area contributed by atoms with Gasteiger partial charge in [-0.05, 0) is 30.3 Å². The summed E-state index contributed by atoms with van der Waals surface area (Å²) >= 11 is 5.70. The monoisotopic (exact) mass is 350 g/mol. The molecule has 1 amide bonds. The number of anilines is 1. The van der Waals surface area contributed by atoms with Crippen LogP contribution in [-0.2, 0) is 9.53 Å². The van der Waals surface area contributed by atoms with Crippen LogP contribution < -0.4 is 14.8 Å². The van der Waals surface area contributed by atoms with Crippen molar-refractivity contribution in [1.29, 1.82) is 0 Å². The Kier molecular flexibility index (Phi) is 5.97. The van der Waals surface area contributed by atoms with E-state index in [9.17, 15) is 9.59 Å². The van der Waals surface area contributed by atoms with Gasteiger partial charge >= 0.3 is 5.97 Å². The third-order valence-corrected chi connectivity index (χ3v) is 3.17. The summed E-state index contributed by atoms with van der Waals surface area (Å²) in [5.41, 5.74) is 0.241. The molecule has 0 aliphatic carbocycles. The van der Waals surface area contributed by atoms with Gasteiger partial charge in [-0.3, -0.25) is 4.79 Å². The molecular weight excluding hydrogens is 336 g/mol. The number of ether oxygens (including phenoxy) is 3. The topological polar surface area (TPSA) is 86.8 Å². The third-order valence-electron chi connectivity index (χ3n) is 2.95. The molecule has 7 nitrogen and oxygen atoms in total. The van der Waals surface area contributed by atoms with Crippen molar-refractivity contribution in [3.63, 3.8) is 0 Å². The van der Waals surface area contributed by atoms with Crippen molar-refractivity contribution in [2.24, 2.45) is 0 Å². The van der Waals surface area contributed by atoms with Crippen molar-refractivity contribution in [2.75, 3.05) is 26.1 Å². The van der Waals surface area contributed by atoms with Gasteiger partial charge in [0.1, 0.15) is 5.82 Å². The first-order valence-electron chi connectivity index (χ1n) is 6.84. The average molecular weight is 351 g/mol. The van der Waals surface area contributed by atoms with E-state index in [1.54, 1.807) is 12.1 Å². The third kappa shape index (κ3) is 4.60. The molecule has 1 N–H and O–H groups in total. The van der Waals surface area contributed by atoms with E-state index in [0.717, 1.165) is 0 Å². The Hall–Kier alpha value is -2.80. The highest BCUT2D eigenvalue weighted by atomic mass is 35.5. The summed E-state index contributed by atoms with van der Waals surface area (Å²) in [4.78, 5) is 27.6. The van der Waals surface area contributed by atoms with Crippen LogP contribution in [0, 0.1) is 0 Å². The molecule has 2 rings (SSSR count). The van der Waals surface area contributed by atoms with E-state index in [1.165, 1.54) is 38.6 Å². The standard InChI is InChI=1S/C16H15ClN2O5/c1-22-12-5-3-10(7-13(12)23-2)16(21)24-9-15(20)19-14-6-4-11(17)8-18-14/h3-8H,9H2,1-2H3,(H,18,19,20). The molecule has 0 spiro atoms. The van der Waals surface area contributed by atoms with Gasteiger partial charge in [0.2, 0.25) is 0 Å². The van der Waals surface area contributed by atoms with Crippen LogP contribution in [0.3, 0.4) is 0 Å². The summed E-state index contributed by atoms with van der Waals surface area (Å²) in [5, 5.41) is 2.94. The molecule has 0 aliphatic rings. The minimum atomic E-state index is -0.657. The summed E-state index contributed by atoms with van der Waals surface area (Å²) in [7, 11) is 2.95. The number of hydrogen-bond donors (Lipinski definition) is 1. The first-order valence-corrected chi connectivity index (χ1v) is 7.22. The highest BCUT2D eigenvalue weighted by molar-refractivity contribution is 6.30. The van der Waals surface area contributed by atoms with E-state index in [-0.39, 0.29) is 5.56 Å². The quantitative estimate of drug-likeness (QED) is 0.806. The molecule has 0 fully saturated rings. The number of carbonyl (C=O) groups excluding carboxylic acids is 2. The predicted octanol–water partition coefficient (Wildman–Crippen LogP) is 2.55. The Morgan fingerprint density at radius 1 is 1.12 bits per heavy atom. The van der Waals surface area contributed by atoms with Gasteiger partial charge in [-0.1, -0.05) is 11.6 Å². The highest BCUT2D eigenvalue weighted by Crippen LogP contribution is 2.27. The zero-order chi connectivity index (χ0) is 17.5. The van der Waals surface area contributed by atoms with E-state index in [4.69, 9.17) is 25.8 Å². The molecule has 0 saturated heterocycles. The first-order chi connectivity index (χ1) is 11.5. The summed E-state index contributed by atoms with van der Waals surface area (Å²) < 4.78 is 15.2. The number of halogens is 1. The van der Waals surface area contributed by atoms with Crippen molar-refractivity contribution in [3.8, 4) is 11.5 Å². The van der Waals surface area contributed by atoms with Crippen molar-refractivity contribution in [2.45, 2.75) is 0 Å². The lowest BCUT2D eigenvalue weighted by Gasteiger charge is -2.09. The summed E-state index contributed by atoms with van der Waals surface area (Å²) in [5.74, 6) is 0.0164. The van der Waals surface area contributed by atoms with Gasteiger partial charge in [-0.15, -0.1) is 0 Å². The minimum absolute atomic E-state index is 0.241. The van der Waals surface area contributed by atoms with Gasteiger partial charge in [0.05, 0.1) is 24.8 Å². The molecular formula is C16H15ClN2O5. The molecule has 0 bridgehead atoms. The molecule has 0 unspecified atom stereocenters. The lowest BCUT2D eigenvalue weighted by Crippen LogP contribution is -2.21. The Morgan fingerprint density at radius 3 is 2.50 bits per heavy atom. The molecule has 1 aromatic heterocycles. The zero-order valence-corrected chi connectivity index (χ0v) is 13.8. The smallest absolute Gasteiger partial charge is 0.338 e. The zero-order valence-electron chi connectivity index (χ0n) is 13.0. The van der Waals surface area contributed by atoms with Gasteiger partial charge < -0.3 is 19.5 Å².